The number of nitrogens with one attached hydrogen (secondary N) is 1. The maximum absolute atomic E-state index is 12.3. The summed E-state index contributed by atoms with van der Waals surface area (Å²) in [6, 6.07) is 17.1. The van der Waals surface area contributed by atoms with Gasteiger partial charge in [-0.1, -0.05) is 66.7 Å². The van der Waals surface area contributed by atoms with Gasteiger partial charge in [0.25, 0.3) is 10.0 Å². The van der Waals surface area contributed by atoms with Crippen LogP contribution in [0.3, 0.4) is 0 Å². The molecule has 124 valence electrons. The third kappa shape index (κ3) is 3.19. The predicted octanol–water partition coefficient (Wildman–Crippen LogP) is 3.51. The highest BCUT2D eigenvalue weighted by Crippen LogP contribution is 2.37. The number of rotatable bonds is 4. The molecule has 0 heterocycles. The highest BCUT2D eigenvalue weighted by molar-refractivity contribution is 7.88. The van der Waals surface area contributed by atoms with Gasteiger partial charge in [-0.2, -0.15) is 5.10 Å². The van der Waals surface area contributed by atoms with Gasteiger partial charge in [0.1, 0.15) is 0 Å². The fourth-order valence-electron chi connectivity index (χ4n) is 3.01. The Bertz CT molecular complexity index is 1050. The average molecular weight is 348 g/mol. The largest absolute Gasteiger partial charge is 0.251 e. The van der Waals surface area contributed by atoms with Crippen LogP contribution in [0.1, 0.15) is 16.7 Å². The van der Waals surface area contributed by atoms with Crippen molar-refractivity contribution in [2.24, 2.45) is 5.10 Å². The van der Waals surface area contributed by atoms with Crippen LogP contribution in [0.2, 0.25) is 0 Å². The highest BCUT2D eigenvalue weighted by Gasteiger charge is 2.23. The van der Waals surface area contributed by atoms with Gasteiger partial charge < -0.3 is 0 Å². The Labute approximate surface area is 147 Å². The zero-order valence-electron chi connectivity index (χ0n) is 13.4. The van der Waals surface area contributed by atoms with Gasteiger partial charge in [0.15, 0.2) is 0 Å². The lowest BCUT2D eigenvalue weighted by atomic mass is 9.96. The van der Waals surface area contributed by atoms with Gasteiger partial charge in [-0.25, -0.2) is 13.2 Å². The molecule has 0 spiro atoms. The van der Waals surface area contributed by atoms with Crippen LogP contribution in [-0.2, 0) is 15.8 Å². The van der Waals surface area contributed by atoms with E-state index in [1.54, 1.807) is 12.1 Å². The first kappa shape index (κ1) is 15.6. The topological polar surface area (TPSA) is 58.5 Å². The van der Waals surface area contributed by atoms with Crippen molar-refractivity contribution in [1.82, 2.24) is 4.83 Å². The maximum atomic E-state index is 12.3. The lowest BCUT2D eigenvalue weighted by Crippen LogP contribution is -2.22. The first-order valence-electron chi connectivity index (χ1n) is 7.94. The van der Waals surface area contributed by atoms with Gasteiger partial charge in [0, 0.05) is 5.57 Å². The highest BCUT2D eigenvalue weighted by atomic mass is 32.2. The maximum Gasteiger partial charge on any atom is 0.251 e. The first-order valence-corrected chi connectivity index (χ1v) is 9.59. The van der Waals surface area contributed by atoms with Crippen LogP contribution < -0.4 is 4.83 Å². The van der Waals surface area contributed by atoms with Crippen molar-refractivity contribution in [3.8, 4) is 0 Å². The van der Waals surface area contributed by atoms with Gasteiger partial charge in [-0.15, -0.1) is 0 Å². The molecule has 0 unspecified atom stereocenters. The summed E-state index contributed by atoms with van der Waals surface area (Å²) < 4.78 is 24.6. The van der Waals surface area contributed by atoms with E-state index in [1.807, 2.05) is 60.7 Å². The second kappa shape index (κ2) is 6.18. The third-order valence-corrected chi connectivity index (χ3v) is 5.22. The van der Waals surface area contributed by atoms with Crippen LogP contribution in [0, 0.1) is 0 Å². The normalized spacial score (nSPS) is 16.9. The molecule has 0 saturated carbocycles. The second-order valence-corrected chi connectivity index (χ2v) is 7.62. The van der Waals surface area contributed by atoms with Crippen molar-refractivity contribution >= 4 is 27.4 Å². The smallest absolute Gasteiger partial charge is 0.205 e. The van der Waals surface area contributed by atoms with E-state index in [0.717, 1.165) is 27.8 Å². The molecular weight excluding hydrogens is 332 g/mol. The molecule has 2 aromatic rings. The van der Waals surface area contributed by atoms with Crippen LogP contribution in [0.4, 0.5) is 0 Å². The van der Waals surface area contributed by atoms with E-state index >= 15 is 0 Å². The molecule has 0 fully saturated rings. The van der Waals surface area contributed by atoms with Crippen molar-refractivity contribution in [1.29, 1.82) is 0 Å². The molecule has 0 aliphatic heterocycles. The van der Waals surface area contributed by atoms with Gasteiger partial charge in [-0.05, 0) is 34.4 Å². The number of hydrazone groups is 1. The molecule has 0 aromatic heterocycles. The molecule has 2 aromatic carbocycles. The van der Waals surface area contributed by atoms with Crippen molar-refractivity contribution in [2.75, 3.05) is 0 Å². The molecule has 4 nitrogen and oxygen atoms in total. The van der Waals surface area contributed by atoms with Crippen LogP contribution in [0.25, 0.3) is 11.6 Å². The number of fused-ring (bicyclic) bond motifs is 3. The molecular formula is C20H16N2O2S. The fourth-order valence-corrected chi connectivity index (χ4v) is 3.94. The number of hydrogen-bond acceptors (Lipinski definition) is 3. The lowest BCUT2D eigenvalue weighted by molar-refractivity contribution is 0.583. The standard InChI is InChI=1S/C20H16N2O2S/c23-25(24,14-15-7-2-1-3-8-15)22-21-20-12-6-11-18-17-10-5-4-9-16(17)13-19(18)20/h1-13,22H,14H2. The summed E-state index contributed by atoms with van der Waals surface area (Å²) in [5.74, 6) is -0.101. The molecule has 2 aliphatic carbocycles. The Morgan fingerprint density at radius 2 is 1.68 bits per heavy atom. The van der Waals surface area contributed by atoms with Crippen LogP contribution in [0.5, 0.6) is 0 Å². The van der Waals surface area contributed by atoms with E-state index in [0.29, 0.717) is 5.71 Å². The quantitative estimate of drug-likeness (QED) is 0.860. The summed E-state index contributed by atoms with van der Waals surface area (Å²) in [4.78, 5) is 2.36. The van der Waals surface area contributed by atoms with Gasteiger partial charge in [0.05, 0.1) is 11.5 Å². The van der Waals surface area contributed by atoms with Gasteiger partial charge in [-0.3, -0.25) is 0 Å². The Balaban J connectivity index is 1.57. The molecule has 0 atom stereocenters. The molecule has 0 radical (unpaired) electrons. The van der Waals surface area contributed by atoms with Crippen LogP contribution in [-0.4, -0.2) is 14.1 Å². The number of benzene rings is 2. The number of hydrogen-bond donors (Lipinski definition) is 1. The molecule has 5 heteroatoms. The van der Waals surface area contributed by atoms with E-state index in [4.69, 9.17) is 0 Å². The summed E-state index contributed by atoms with van der Waals surface area (Å²) >= 11 is 0. The Morgan fingerprint density at radius 3 is 2.52 bits per heavy atom. The zero-order chi connectivity index (χ0) is 17.3. The van der Waals surface area contributed by atoms with Gasteiger partial charge in [0.2, 0.25) is 0 Å². The van der Waals surface area contributed by atoms with Crippen LogP contribution >= 0.6 is 0 Å². The summed E-state index contributed by atoms with van der Waals surface area (Å²) in [5.41, 5.74) is 5.60. The Morgan fingerprint density at radius 1 is 0.920 bits per heavy atom. The number of allylic oxidation sites excluding steroid dienone is 5. The number of nitrogens with zero attached hydrogens (tertiary/aromatic N) is 1. The minimum atomic E-state index is -3.55. The second-order valence-electron chi connectivity index (χ2n) is 5.92. The SMILES string of the molecule is O=S(=O)(Cc1ccccc1)NN=C1C=CC=C2C1=Cc1ccccc12. The molecule has 2 aliphatic rings. The fraction of sp³-hybridized carbons (Fsp3) is 0.0500. The first-order chi connectivity index (χ1) is 12.1. The van der Waals surface area contributed by atoms with Gasteiger partial charge >= 0.3 is 0 Å². The Kier molecular flexibility index (Phi) is 3.86. The molecule has 25 heavy (non-hydrogen) atoms. The zero-order valence-corrected chi connectivity index (χ0v) is 14.2. The van der Waals surface area contributed by atoms with E-state index in [1.165, 1.54) is 0 Å². The predicted molar refractivity (Wildman–Crippen MR) is 101 cm³/mol. The molecule has 0 amide bonds. The number of sulfonamides is 1. The van der Waals surface area contributed by atoms with Crippen LogP contribution in [0.15, 0.2) is 83.5 Å². The summed E-state index contributed by atoms with van der Waals surface area (Å²) in [5, 5.41) is 4.16. The van der Waals surface area contributed by atoms with E-state index in [2.05, 4.69) is 16.0 Å². The molecule has 0 bridgehead atoms. The van der Waals surface area contributed by atoms with Crippen molar-refractivity contribution < 1.29 is 8.42 Å². The summed E-state index contributed by atoms with van der Waals surface area (Å²) in [7, 11) is -3.55. The molecule has 0 saturated heterocycles. The lowest BCUT2D eigenvalue weighted by Gasteiger charge is -2.12. The third-order valence-electron chi connectivity index (χ3n) is 4.14. The van der Waals surface area contributed by atoms with Crippen molar-refractivity contribution in [3.63, 3.8) is 0 Å². The van der Waals surface area contributed by atoms with Crippen molar-refractivity contribution in [2.45, 2.75) is 5.75 Å². The van der Waals surface area contributed by atoms with E-state index in [-0.39, 0.29) is 5.75 Å². The average Bonchev–Trinajstić information content (AvgIpc) is 3.00. The molecule has 4 rings (SSSR count). The summed E-state index contributed by atoms with van der Waals surface area (Å²) in [6.45, 7) is 0. The summed E-state index contributed by atoms with van der Waals surface area (Å²) in [6.07, 6.45) is 7.76. The van der Waals surface area contributed by atoms with E-state index in [9.17, 15) is 8.42 Å². The van der Waals surface area contributed by atoms with Crippen molar-refractivity contribution in [3.05, 3.63) is 95.1 Å². The molecule has 1 N–H and O–H groups in total. The Hall–Kier alpha value is -2.92. The minimum absolute atomic E-state index is 0.101. The minimum Gasteiger partial charge on any atom is -0.205 e. The van der Waals surface area contributed by atoms with E-state index < -0.39 is 10.0 Å². The monoisotopic (exact) mass is 348 g/mol.